The van der Waals surface area contributed by atoms with Crippen molar-refractivity contribution in [2.75, 3.05) is 5.01 Å². The summed E-state index contributed by atoms with van der Waals surface area (Å²) >= 11 is 6.16. The van der Waals surface area contributed by atoms with Crippen LogP contribution in [-0.2, 0) is 11.3 Å². The van der Waals surface area contributed by atoms with Gasteiger partial charge in [-0.1, -0.05) is 35.0 Å². The van der Waals surface area contributed by atoms with E-state index in [9.17, 15) is 14.9 Å². The second kappa shape index (κ2) is 6.86. The van der Waals surface area contributed by atoms with Crippen LogP contribution in [0.4, 0.5) is 11.4 Å². The first-order chi connectivity index (χ1) is 12.0. The van der Waals surface area contributed by atoms with E-state index in [0.29, 0.717) is 16.3 Å². The van der Waals surface area contributed by atoms with Gasteiger partial charge in [-0.15, -0.1) is 0 Å². The Morgan fingerprint density at radius 1 is 1.28 bits per heavy atom. The fourth-order valence-electron chi connectivity index (χ4n) is 2.62. The van der Waals surface area contributed by atoms with Crippen LogP contribution in [0.3, 0.4) is 0 Å². The van der Waals surface area contributed by atoms with E-state index >= 15 is 0 Å². The Morgan fingerprint density at radius 2 is 2.04 bits per heavy atom. The van der Waals surface area contributed by atoms with Crippen molar-refractivity contribution >= 4 is 29.3 Å². The van der Waals surface area contributed by atoms with Crippen molar-refractivity contribution in [1.29, 1.82) is 0 Å². The zero-order chi connectivity index (χ0) is 18.0. The highest BCUT2D eigenvalue weighted by atomic mass is 35.5. The number of carbonyl (C=O) groups is 1. The molecule has 1 atom stereocenters. The molecule has 1 aliphatic rings. The van der Waals surface area contributed by atoms with Gasteiger partial charge in [0.15, 0.2) is 12.5 Å². The molecule has 0 bridgehead atoms. The number of aldehydes is 1. The monoisotopic (exact) mass is 359 g/mol. The molecule has 8 nitrogen and oxygen atoms in total. The summed E-state index contributed by atoms with van der Waals surface area (Å²) in [5, 5.41) is 22.4. The zero-order valence-electron chi connectivity index (χ0n) is 13.2. The van der Waals surface area contributed by atoms with Crippen LogP contribution in [0.5, 0.6) is 0 Å². The van der Waals surface area contributed by atoms with Crippen molar-refractivity contribution in [2.24, 2.45) is 10.4 Å². The Bertz CT molecular complexity index is 857. The minimum absolute atomic E-state index is 0.0522. The first-order valence-corrected chi connectivity index (χ1v) is 7.80. The van der Waals surface area contributed by atoms with Crippen LogP contribution in [0.25, 0.3) is 0 Å². The molecule has 1 unspecified atom stereocenters. The molecule has 0 saturated carbocycles. The fraction of sp³-hybridized carbons (Fsp3) is 0.188. The molecule has 9 heteroatoms. The molecule has 0 amide bonds. The second-order valence-corrected chi connectivity index (χ2v) is 5.91. The number of anilines is 1. The van der Waals surface area contributed by atoms with Gasteiger partial charge in [-0.05, 0) is 35.9 Å². The number of aryl methyl sites for hydroxylation is 1. The highest BCUT2D eigenvalue weighted by molar-refractivity contribution is 6.33. The van der Waals surface area contributed by atoms with Gasteiger partial charge >= 0.3 is 0 Å². The maximum Gasteiger partial charge on any atom is 0.272 e. The molecule has 0 aliphatic carbocycles. The number of nitrogens with zero attached hydrogens (tertiary/aromatic N) is 5. The normalized spacial score (nSPS) is 16.3. The van der Waals surface area contributed by atoms with E-state index in [1.54, 1.807) is 43.3 Å². The molecule has 0 radical (unpaired) electrons. The average Bonchev–Trinajstić information content (AvgIpc) is 2.97. The Morgan fingerprint density at radius 3 is 2.68 bits per heavy atom. The summed E-state index contributed by atoms with van der Waals surface area (Å²) in [6, 6.07) is 11.8. The van der Waals surface area contributed by atoms with Gasteiger partial charge in [0.25, 0.3) is 5.69 Å². The molecule has 0 saturated heterocycles. The number of rotatable bonds is 5. The van der Waals surface area contributed by atoms with E-state index in [2.05, 4.69) is 10.4 Å². The third-order valence-corrected chi connectivity index (χ3v) is 4.15. The van der Waals surface area contributed by atoms with Crippen molar-refractivity contribution in [3.63, 3.8) is 0 Å². The van der Waals surface area contributed by atoms with Gasteiger partial charge < -0.3 is 0 Å². The van der Waals surface area contributed by atoms with Crippen LogP contribution >= 0.6 is 11.6 Å². The minimum Gasteiger partial charge on any atom is -0.299 e. The number of hydrogen-bond donors (Lipinski definition) is 0. The standard InChI is InChI=1S/C16H14ClN5O3/c1-11-8-12(6-7-14(11)22(24)25)9-20-16(10-23)21(19-18-20)15-5-3-2-4-13(15)17/h2-8,10,16H,9H2,1H3. The van der Waals surface area contributed by atoms with Gasteiger partial charge in [0.05, 0.1) is 22.2 Å². The Hall–Kier alpha value is -3.00. The fourth-order valence-corrected chi connectivity index (χ4v) is 2.84. The molecule has 1 heterocycles. The van der Waals surface area contributed by atoms with Crippen molar-refractivity contribution in [2.45, 2.75) is 19.6 Å². The second-order valence-electron chi connectivity index (χ2n) is 5.50. The topological polar surface area (TPSA) is 91.4 Å². The SMILES string of the molecule is Cc1cc(CN2N=NN(c3ccccc3Cl)C2C=O)ccc1[N+](=O)[O-]. The molecule has 0 N–H and O–H groups in total. The summed E-state index contributed by atoms with van der Waals surface area (Å²) in [5.41, 5.74) is 1.96. The zero-order valence-corrected chi connectivity index (χ0v) is 14.0. The predicted molar refractivity (Wildman–Crippen MR) is 92.0 cm³/mol. The average molecular weight is 360 g/mol. The highest BCUT2D eigenvalue weighted by Gasteiger charge is 2.31. The molecule has 3 rings (SSSR count). The number of benzene rings is 2. The number of halogens is 1. The van der Waals surface area contributed by atoms with Gasteiger partial charge in [0.1, 0.15) is 0 Å². The van der Waals surface area contributed by atoms with E-state index in [0.717, 1.165) is 11.8 Å². The summed E-state index contributed by atoms with van der Waals surface area (Å²) in [7, 11) is 0. The Kier molecular flexibility index (Phi) is 4.62. The van der Waals surface area contributed by atoms with Crippen LogP contribution in [0.1, 0.15) is 11.1 Å². The van der Waals surface area contributed by atoms with E-state index in [1.807, 2.05) is 0 Å². The summed E-state index contributed by atoms with van der Waals surface area (Å²) < 4.78 is 0. The summed E-state index contributed by atoms with van der Waals surface area (Å²) in [4.78, 5) is 22.1. The lowest BCUT2D eigenvalue weighted by Crippen LogP contribution is -2.39. The molecular formula is C16H14ClN5O3. The molecular weight excluding hydrogens is 346 g/mol. The lowest BCUT2D eigenvalue weighted by atomic mass is 10.1. The first-order valence-electron chi connectivity index (χ1n) is 7.42. The summed E-state index contributed by atoms with van der Waals surface area (Å²) in [6.07, 6.45) is -0.0166. The third-order valence-electron chi connectivity index (χ3n) is 3.83. The van der Waals surface area contributed by atoms with Gasteiger partial charge in [-0.2, -0.15) is 0 Å². The molecule has 0 spiro atoms. The largest absolute Gasteiger partial charge is 0.299 e. The maximum absolute atomic E-state index is 11.6. The molecule has 128 valence electrons. The third kappa shape index (κ3) is 3.29. The lowest BCUT2D eigenvalue weighted by molar-refractivity contribution is -0.385. The molecule has 1 aliphatic heterocycles. The number of hydrogen-bond acceptors (Lipinski definition) is 7. The van der Waals surface area contributed by atoms with Gasteiger partial charge in [0, 0.05) is 11.6 Å². The van der Waals surface area contributed by atoms with Crippen LogP contribution in [0.15, 0.2) is 52.9 Å². The van der Waals surface area contributed by atoms with Crippen LogP contribution in [-0.4, -0.2) is 22.4 Å². The minimum atomic E-state index is -0.740. The molecule has 2 aromatic rings. The molecule has 25 heavy (non-hydrogen) atoms. The van der Waals surface area contributed by atoms with E-state index < -0.39 is 11.1 Å². The van der Waals surface area contributed by atoms with Crippen molar-refractivity contribution in [1.82, 2.24) is 5.01 Å². The van der Waals surface area contributed by atoms with Crippen molar-refractivity contribution in [3.05, 3.63) is 68.7 Å². The number of para-hydroxylation sites is 1. The first kappa shape index (κ1) is 16.8. The number of nitro groups is 1. The quantitative estimate of drug-likeness (QED) is 0.461. The van der Waals surface area contributed by atoms with Crippen LogP contribution in [0.2, 0.25) is 5.02 Å². The van der Waals surface area contributed by atoms with Crippen molar-refractivity contribution in [3.8, 4) is 0 Å². The summed E-state index contributed by atoms with van der Waals surface area (Å²) in [5.74, 6) is 0. The van der Waals surface area contributed by atoms with E-state index in [4.69, 9.17) is 11.6 Å². The smallest absolute Gasteiger partial charge is 0.272 e. The Labute approximate surface area is 148 Å². The van der Waals surface area contributed by atoms with E-state index in [1.165, 1.54) is 16.1 Å². The lowest BCUT2D eigenvalue weighted by Gasteiger charge is -2.24. The summed E-state index contributed by atoms with van der Waals surface area (Å²) in [6.45, 7) is 1.95. The predicted octanol–water partition coefficient (Wildman–Crippen LogP) is 3.69. The maximum atomic E-state index is 11.6. The Balaban J connectivity index is 1.81. The van der Waals surface area contributed by atoms with Crippen LogP contribution in [0, 0.1) is 17.0 Å². The van der Waals surface area contributed by atoms with Crippen molar-refractivity contribution < 1.29 is 9.72 Å². The van der Waals surface area contributed by atoms with Gasteiger partial charge in [0.2, 0.25) is 0 Å². The molecule has 0 aromatic heterocycles. The number of carbonyl (C=O) groups excluding carboxylic acids is 1. The highest BCUT2D eigenvalue weighted by Crippen LogP contribution is 2.31. The number of nitro benzene ring substituents is 1. The molecule has 0 fully saturated rings. The van der Waals surface area contributed by atoms with E-state index in [-0.39, 0.29) is 12.2 Å². The van der Waals surface area contributed by atoms with Gasteiger partial charge in [-0.25, -0.2) is 10.0 Å². The van der Waals surface area contributed by atoms with Crippen LogP contribution < -0.4 is 5.01 Å². The van der Waals surface area contributed by atoms with Gasteiger partial charge in [-0.3, -0.25) is 14.9 Å². The molecule has 2 aromatic carbocycles.